The zero-order valence-electron chi connectivity index (χ0n) is 15.8. The van der Waals surface area contributed by atoms with E-state index in [4.69, 9.17) is 22.1 Å². The molecule has 0 unspecified atom stereocenters. The Bertz CT molecular complexity index is 1100. The van der Waals surface area contributed by atoms with E-state index < -0.39 is 22.8 Å². The molecule has 2 aromatic rings. The van der Waals surface area contributed by atoms with E-state index in [0.29, 0.717) is 22.7 Å². The van der Waals surface area contributed by atoms with Gasteiger partial charge in [0.05, 0.1) is 11.4 Å². The summed E-state index contributed by atoms with van der Waals surface area (Å²) in [5.74, 6) is -1.54. The number of anilines is 3. The van der Waals surface area contributed by atoms with Crippen LogP contribution in [0.25, 0.3) is 0 Å². The summed E-state index contributed by atoms with van der Waals surface area (Å²) in [6.07, 6.45) is 5.08. The second-order valence-corrected chi connectivity index (χ2v) is 7.77. The first-order chi connectivity index (χ1) is 14.3. The average Bonchev–Trinajstić information content (AvgIpc) is 2.70. The topological polar surface area (TPSA) is 128 Å². The van der Waals surface area contributed by atoms with Crippen molar-refractivity contribution in [2.75, 3.05) is 10.0 Å². The summed E-state index contributed by atoms with van der Waals surface area (Å²) in [6.45, 7) is 0. The van der Waals surface area contributed by atoms with Crippen LogP contribution in [0.15, 0.2) is 48.0 Å². The average molecular weight is 474 g/mol. The Morgan fingerprint density at radius 2 is 1.90 bits per heavy atom. The number of nitrogens with two attached hydrogens (primary N) is 1. The molecule has 1 aliphatic rings. The van der Waals surface area contributed by atoms with E-state index in [1.165, 1.54) is 12.1 Å². The number of carbonyl (C=O) groups is 2. The summed E-state index contributed by atoms with van der Waals surface area (Å²) in [6, 6.07) is 9.29. The van der Waals surface area contributed by atoms with Gasteiger partial charge in [0.25, 0.3) is 5.91 Å². The standard InChI is InChI=1S/C20H20ClN3O5S.Na.H/c21-13-7-4-8-14(11-13)23-18-15(24-30(27)28)9-10-16(17(18)19(22)25)29-20(26)12-5-2-1-3-6-12;;/h4-5,7-11,23,30H,1-3,6H2,(H2,22,25)(H,24,27,28);;. The molecule has 0 fully saturated rings. The summed E-state index contributed by atoms with van der Waals surface area (Å²) < 4.78 is 30.2. The van der Waals surface area contributed by atoms with Gasteiger partial charge in [0.15, 0.2) is 0 Å². The molecule has 0 radical (unpaired) electrons. The van der Waals surface area contributed by atoms with Crippen LogP contribution < -0.4 is 20.5 Å². The number of ether oxygens (including phenoxy) is 1. The fourth-order valence-electron chi connectivity index (χ4n) is 3.13. The zero-order chi connectivity index (χ0) is 21.7. The van der Waals surface area contributed by atoms with Gasteiger partial charge in [0.1, 0.15) is 11.3 Å². The van der Waals surface area contributed by atoms with E-state index in [-0.39, 0.29) is 52.2 Å². The molecular formula is C20H21ClN3NaO5S. The number of benzene rings is 2. The van der Waals surface area contributed by atoms with Gasteiger partial charge >= 0.3 is 35.5 Å². The number of esters is 1. The summed E-state index contributed by atoms with van der Waals surface area (Å²) in [5, 5.41) is 3.37. The molecule has 0 bridgehead atoms. The third-order valence-corrected chi connectivity index (χ3v) is 5.13. The molecule has 0 atom stereocenters. The van der Waals surface area contributed by atoms with Crippen molar-refractivity contribution in [1.29, 1.82) is 0 Å². The first-order valence-electron chi connectivity index (χ1n) is 9.17. The van der Waals surface area contributed by atoms with Crippen LogP contribution in [0.4, 0.5) is 17.1 Å². The van der Waals surface area contributed by atoms with Gasteiger partial charge in [-0.1, -0.05) is 23.7 Å². The van der Waals surface area contributed by atoms with Gasteiger partial charge in [-0.2, -0.15) is 0 Å². The number of rotatable bonds is 7. The van der Waals surface area contributed by atoms with Crippen molar-refractivity contribution in [1.82, 2.24) is 0 Å². The van der Waals surface area contributed by atoms with Gasteiger partial charge in [-0.05, 0) is 56.0 Å². The predicted octanol–water partition coefficient (Wildman–Crippen LogP) is 2.88. The van der Waals surface area contributed by atoms with E-state index in [9.17, 15) is 18.0 Å². The molecule has 3 rings (SSSR count). The molecule has 31 heavy (non-hydrogen) atoms. The Hall–Kier alpha value is -2.04. The SMILES string of the molecule is NC(=O)c1c(OC(=O)C2=CCCCC2)ccc(N[SH](=O)=O)c1Nc1cccc(Cl)c1.[NaH]. The zero-order valence-corrected chi connectivity index (χ0v) is 17.5. The first-order valence-corrected chi connectivity index (χ1v) is 10.7. The van der Waals surface area contributed by atoms with Crippen LogP contribution in [0.3, 0.4) is 0 Å². The third kappa shape index (κ3) is 6.72. The fourth-order valence-corrected chi connectivity index (χ4v) is 3.71. The normalized spacial score (nSPS) is 13.0. The van der Waals surface area contributed by atoms with Crippen molar-refractivity contribution in [3.05, 3.63) is 58.6 Å². The van der Waals surface area contributed by atoms with E-state index >= 15 is 0 Å². The van der Waals surface area contributed by atoms with Gasteiger partial charge in [-0.3, -0.25) is 9.52 Å². The summed E-state index contributed by atoms with van der Waals surface area (Å²) in [7, 11) is -3.03. The number of amides is 1. The van der Waals surface area contributed by atoms with Crippen molar-refractivity contribution < 1.29 is 22.7 Å². The Morgan fingerprint density at radius 3 is 2.52 bits per heavy atom. The van der Waals surface area contributed by atoms with Crippen molar-refractivity contribution in [2.45, 2.75) is 25.7 Å². The van der Waals surface area contributed by atoms with Crippen LogP contribution in [0, 0.1) is 0 Å². The van der Waals surface area contributed by atoms with Gasteiger partial charge < -0.3 is 15.8 Å². The number of hydrogen-bond donors (Lipinski definition) is 4. The molecule has 0 heterocycles. The van der Waals surface area contributed by atoms with Gasteiger partial charge in [-0.25, -0.2) is 13.2 Å². The number of carbonyl (C=O) groups excluding carboxylic acids is 2. The van der Waals surface area contributed by atoms with E-state index in [2.05, 4.69) is 10.0 Å². The van der Waals surface area contributed by atoms with Crippen molar-refractivity contribution in [3.8, 4) is 5.75 Å². The Labute approximate surface area is 208 Å². The molecule has 0 spiro atoms. The molecule has 0 saturated heterocycles. The maximum absolute atomic E-state index is 12.5. The molecule has 0 aliphatic heterocycles. The molecule has 1 aliphatic carbocycles. The van der Waals surface area contributed by atoms with Crippen LogP contribution >= 0.6 is 11.6 Å². The molecule has 4 N–H and O–H groups in total. The van der Waals surface area contributed by atoms with Crippen LogP contribution in [-0.2, 0) is 15.7 Å². The van der Waals surface area contributed by atoms with Crippen LogP contribution in [0.5, 0.6) is 5.75 Å². The Kier molecular flexibility index (Phi) is 9.39. The molecule has 1 amide bonds. The molecule has 2 aromatic carbocycles. The quantitative estimate of drug-likeness (QED) is 0.212. The van der Waals surface area contributed by atoms with Gasteiger partial charge in [0, 0.05) is 16.3 Å². The molecule has 11 heteroatoms. The number of allylic oxidation sites excluding steroid dienone is 1. The van der Waals surface area contributed by atoms with Crippen molar-refractivity contribution in [2.24, 2.45) is 5.73 Å². The number of thiol groups is 1. The molecule has 8 nitrogen and oxygen atoms in total. The third-order valence-electron chi connectivity index (χ3n) is 4.48. The summed E-state index contributed by atoms with van der Waals surface area (Å²) in [5.41, 5.74) is 6.52. The predicted molar refractivity (Wildman–Crippen MR) is 123 cm³/mol. The molecular weight excluding hydrogens is 453 g/mol. The van der Waals surface area contributed by atoms with E-state index in [1.54, 1.807) is 24.3 Å². The second-order valence-electron chi connectivity index (χ2n) is 6.59. The minimum atomic E-state index is -3.03. The van der Waals surface area contributed by atoms with Crippen LogP contribution in [0.2, 0.25) is 5.02 Å². The van der Waals surface area contributed by atoms with Gasteiger partial charge in [-0.15, -0.1) is 0 Å². The fraction of sp³-hybridized carbons (Fsp3) is 0.200. The first kappa shape index (κ1) is 25.2. The molecule has 160 valence electrons. The van der Waals surface area contributed by atoms with E-state index in [1.807, 2.05) is 6.08 Å². The number of nitrogens with one attached hydrogen (secondary N) is 2. The number of halogens is 1. The molecule has 0 aromatic heterocycles. The Morgan fingerprint density at radius 1 is 1.13 bits per heavy atom. The number of primary amides is 1. The second kappa shape index (κ2) is 11.5. The monoisotopic (exact) mass is 473 g/mol. The van der Waals surface area contributed by atoms with Crippen LogP contribution in [0.1, 0.15) is 36.0 Å². The minimum absolute atomic E-state index is 0. The summed E-state index contributed by atoms with van der Waals surface area (Å²) >= 11 is 6.00. The Balaban J connectivity index is 0.00000341. The van der Waals surface area contributed by atoms with Crippen molar-refractivity contribution in [3.63, 3.8) is 0 Å². The van der Waals surface area contributed by atoms with Crippen LogP contribution in [-0.4, -0.2) is 49.9 Å². The molecule has 0 saturated carbocycles. The van der Waals surface area contributed by atoms with E-state index in [0.717, 1.165) is 19.3 Å². The van der Waals surface area contributed by atoms with Crippen molar-refractivity contribution >= 4 is 81.0 Å². The number of hydrogen-bond acceptors (Lipinski definition) is 6. The summed E-state index contributed by atoms with van der Waals surface area (Å²) in [4.78, 5) is 24.8. The van der Waals surface area contributed by atoms with Gasteiger partial charge in [0.2, 0.25) is 10.9 Å². The maximum atomic E-state index is 12.5.